The Bertz CT molecular complexity index is 710. The van der Waals surface area contributed by atoms with Crippen LogP contribution in [0.25, 0.3) is 0 Å². The van der Waals surface area contributed by atoms with Gasteiger partial charge in [-0.25, -0.2) is 4.39 Å². The molecule has 1 heterocycles. The third kappa shape index (κ3) is 3.45. The van der Waals surface area contributed by atoms with Crippen molar-refractivity contribution in [3.8, 4) is 0 Å². The van der Waals surface area contributed by atoms with Crippen molar-refractivity contribution in [2.45, 2.75) is 49.8 Å². The van der Waals surface area contributed by atoms with Gasteiger partial charge in [-0.2, -0.15) is 0 Å². The van der Waals surface area contributed by atoms with Crippen LogP contribution in [0.2, 0.25) is 0 Å². The predicted molar refractivity (Wildman–Crippen MR) is 91.2 cm³/mol. The van der Waals surface area contributed by atoms with Gasteiger partial charge in [-0.15, -0.1) is 10.2 Å². The first-order chi connectivity index (χ1) is 11.5. The van der Waals surface area contributed by atoms with Crippen LogP contribution in [0.5, 0.6) is 0 Å². The predicted octanol–water partition coefficient (Wildman–Crippen LogP) is 3.29. The number of hydrogen-bond donors (Lipinski definition) is 1. The fraction of sp³-hybridized carbons (Fsp3) is 0.471. The lowest BCUT2D eigenvalue weighted by atomic mass is 9.72. The van der Waals surface area contributed by atoms with Gasteiger partial charge in [-0.1, -0.05) is 23.9 Å². The van der Waals surface area contributed by atoms with Crippen LogP contribution in [-0.2, 0) is 10.3 Å². The molecule has 7 heteroatoms. The summed E-state index contributed by atoms with van der Waals surface area (Å²) in [5.74, 6) is -0.0144. The first-order valence-corrected chi connectivity index (χ1v) is 9.08. The molecule has 0 spiro atoms. The van der Waals surface area contributed by atoms with Crippen molar-refractivity contribution in [3.05, 3.63) is 42.0 Å². The second-order valence-corrected chi connectivity index (χ2v) is 7.34. The fourth-order valence-electron chi connectivity index (χ4n) is 2.91. The first-order valence-electron chi connectivity index (χ1n) is 8.09. The minimum absolute atomic E-state index is 0.0395. The molecule has 2 aromatic rings. The van der Waals surface area contributed by atoms with Crippen LogP contribution in [0.15, 0.2) is 35.7 Å². The zero-order chi connectivity index (χ0) is 17.2. The van der Waals surface area contributed by atoms with Crippen molar-refractivity contribution >= 4 is 17.7 Å². The van der Waals surface area contributed by atoms with E-state index in [2.05, 4.69) is 15.5 Å². The monoisotopic (exact) mass is 348 g/mol. The molecule has 1 N–H and O–H groups in total. The summed E-state index contributed by atoms with van der Waals surface area (Å²) in [6, 6.07) is 6.67. The molecule has 1 aliphatic carbocycles. The first kappa shape index (κ1) is 17.0. The SMILES string of the molecule is CC(C)n1cnnc1SCC(=O)NC1(c2ccc(F)cc2)CCC1. The molecule has 1 aromatic heterocycles. The highest BCUT2D eigenvalue weighted by molar-refractivity contribution is 7.99. The van der Waals surface area contributed by atoms with Crippen LogP contribution in [0, 0.1) is 5.82 Å². The highest BCUT2D eigenvalue weighted by atomic mass is 32.2. The van der Waals surface area contributed by atoms with Gasteiger partial charge in [0.15, 0.2) is 5.16 Å². The molecule has 1 aliphatic rings. The highest BCUT2D eigenvalue weighted by Crippen LogP contribution is 2.41. The summed E-state index contributed by atoms with van der Waals surface area (Å²) in [4.78, 5) is 12.4. The van der Waals surface area contributed by atoms with Gasteiger partial charge in [-0.3, -0.25) is 4.79 Å². The lowest BCUT2D eigenvalue weighted by Gasteiger charge is -2.43. The maximum absolute atomic E-state index is 13.1. The zero-order valence-corrected chi connectivity index (χ0v) is 14.6. The number of rotatable bonds is 6. The molecule has 1 aromatic carbocycles. The molecule has 1 amide bonds. The van der Waals surface area contributed by atoms with E-state index in [1.165, 1.54) is 23.9 Å². The summed E-state index contributed by atoms with van der Waals surface area (Å²) in [5, 5.41) is 11.8. The van der Waals surface area contributed by atoms with E-state index in [-0.39, 0.29) is 29.1 Å². The zero-order valence-electron chi connectivity index (χ0n) is 13.8. The van der Waals surface area contributed by atoms with Gasteiger partial charge in [0, 0.05) is 6.04 Å². The smallest absolute Gasteiger partial charge is 0.231 e. The van der Waals surface area contributed by atoms with Crippen molar-refractivity contribution in [2.75, 3.05) is 5.75 Å². The van der Waals surface area contributed by atoms with Gasteiger partial charge < -0.3 is 9.88 Å². The van der Waals surface area contributed by atoms with Crippen LogP contribution >= 0.6 is 11.8 Å². The number of amides is 1. The van der Waals surface area contributed by atoms with Crippen LogP contribution in [0.1, 0.15) is 44.7 Å². The Morgan fingerprint density at radius 2 is 2.08 bits per heavy atom. The molecular formula is C17H21FN4OS. The molecule has 1 fully saturated rings. The van der Waals surface area contributed by atoms with Gasteiger partial charge in [-0.05, 0) is 50.8 Å². The molecule has 0 radical (unpaired) electrons. The number of benzene rings is 1. The lowest BCUT2D eigenvalue weighted by molar-refractivity contribution is -0.121. The summed E-state index contributed by atoms with van der Waals surface area (Å²) in [5.41, 5.74) is 0.621. The standard InChI is InChI=1S/C17H21FN4OS/c1-12(2)22-11-19-21-16(22)24-10-15(23)20-17(8-3-9-17)13-4-6-14(18)7-5-13/h4-7,11-12H,3,8-10H2,1-2H3,(H,20,23). The summed E-state index contributed by atoms with van der Waals surface area (Å²) < 4.78 is 15.1. The lowest BCUT2D eigenvalue weighted by Crippen LogP contribution is -2.51. The molecule has 128 valence electrons. The molecular weight excluding hydrogens is 327 g/mol. The Balaban J connectivity index is 1.63. The second kappa shape index (κ2) is 6.93. The number of carbonyl (C=O) groups excluding carboxylic acids is 1. The molecule has 0 saturated heterocycles. The maximum atomic E-state index is 13.1. The van der Waals surface area contributed by atoms with Gasteiger partial charge in [0.05, 0.1) is 11.3 Å². The average Bonchev–Trinajstić information content (AvgIpc) is 2.99. The van der Waals surface area contributed by atoms with Gasteiger partial charge in [0.2, 0.25) is 5.91 Å². The van der Waals surface area contributed by atoms with Crippen LogP contribution < -0.4 is 5.32 Å². The topological polar surface area (TPSA) is 59.8 Å². The Kier molecular flexibility index (Phi) is 4.89. The fourth-order valence-corrected chi connectivity index (χ4v) is 3.75. The average molecular weight is 348 g/mol. The van der Waals surface area contributed by atoms with Crippen molar-refractivity contribution in [1.29, 1.82) is 0 Å². The Morgan fingerprint density at radius 3 is 2.67 bits per heavy atom. The molecule has 1 saturated carbocycles. The van der Waals surface area contributed by atoms with E-state index in [4.69, 9.17) is 0 Å². The number of nitrogens with one attached hydrogen (secondary N) is 1. The van der Waals surface area contributed by atoms with Gasteiger partial charge >= 0.3 is 0 Å². The summed E-state index contributed by atoms with van der Waals surface area (Å²) in [7, 11) is 0. The molecule has 0 unspecified atom stereocenters. The summed E-state index contributed by atoms with van der Waals surface area (Å²) >= 11 is 1.38. The number of thioether (sulfide) groups is 1. The van der Waals surface area contributed by atoms with Crippen molar-refractivity contribution in [1.82, 2.24) is 20.1 Å². The third-order valence-corrected chi connectivity index (χ3v) is 5.37. The van der Waals surface area contributed by atoms with Crippen molar-refractivity contribution < 1.29 is 9.18 Å². The van der Waals surface area contributed by atoms with E-state index >= 15 is 0 Å². The van der Waals surface area contributed by atoms with Crippen LogP contribution in [-0.4, -0.2) is 26.4 Å². The summed E-state index contributed by atoms with van der Waals surface area (Å²) in [6.07, 6.45) is 4.51. The highest BCUT2D eigenvalue weighted by Gasteiger charge is 2.39. The van der Waals surface area contributed by atoms with Gasteiger partial charge in [0.1, 0.15) is 12.1 Å². The number of hydrogen-bond acceptors (Lipinski definition) is 4. The number of carbonyl (C=O) groups is 1. The molecule has 5 nitrogen and oxygen atoms in total. The Morgan fingerprint density at radius 1 is 1.38 bits per heavy atom. The molecule has 0 atom stereocenters. The molecule has 24 heavy (non-hydrogen) atoms. The van der Waals surface area contributed by atoms with E-state index in [0.29, 0.717) is 0 Å². The quantitative estimate of drug-likeness (QED) is 0.814. The minimum atomic E-state index is -0.350. The molecule has 0 aliphatic heterocycles. The number of halogens is 1. The van der Waals surface area contributed by atoms with Crippen molar-refractivity contribution in [3.63, 3.8) is 0 Å². The Hall–Kier alpha value is -1.89. The van der Waals surface area contributed by atoms with Gasteiger partial charge in [0.25, 0.3) is 0 Å². The van der Waals surface area contributed by atoms with E-state index in [0.717, 1.165) is 30.0 Å². The minimum Gasteiger partial charge on any atom is -0.346 e. The van der Waals surface area contributed by atoms with E-state index < -0.39 is 0 Å². The van der Waals surface area contributed by atoms with Crippen LogP contribution in [0.3, 0.4) is 0 Å². The molecule has 0 bridgehead atoms. The number of nitrogens with zero attached hydrogens (tertiary/aromatic N) is 3. The summed E-state index contributed by atoms with van der Waals surface area (Å²) in [6.45, 7) is 4.09. The normalized spacial score (nSPS) is 16.0. The van der Waals surface area contributed by atoms with Crippen molar-refractivity contribution in [2.24, 2.45) is 0 Å². The van der Waals surface area contributed by atoms with E-state index in [1.807, 2.05) is 18.4 Å². The van der Waals surface area contributed by atoms with E-state index in [9.17, 15) is 9.18 Å². The molecule has 3 rings (SSSR count). The second-order valence-electron chi connectivity index (χ2n) is 6.39. The largest absolute Gasteiger partial charge is 0.346 e. The van der Waals surface area contributed by atoms with Crippen LogP contribution in [0.4, 0.5) is 4.39 Å². The maximum Gasteiger partial charge on any atom is 0.231 e. The third-order valence-electron chi connectivity index (χ3n) is 4.41. The Labute approximate surface area is 145 Å². The number of aromatic nitrogens is 3. The van der Waals surface area contributed by atoms with E-state index in [1.54, 1.807) is 18.5 Å².